The van der Waals surface area contributed by atoms with E-state index in [-0.39, 0.29) is 0 Å². The molecule has 0 amide bonds. The van der Waals surface area contributed by atoms with E-state index < -0.39 is 0 Å². The summed E-state index contributed by atoms with van der Waals surface area (Å²) >= 11 is 1.76. The molecule has 0 N–H and O–H groups in total. The molecule has 0 aromatic carbocycles. The lowest BCUT2D eigenvalue weighted by Crippen LogP contribution is -1.55. The van der Waals surface area contributed by atoms with E-state index in [2.05, 4.69) is 23.6 Å². The van der Waals surface area contributed by atoms with E-state index in [1.807, 2.05) is 19.4 Å². The molecule has 0 saturated carbocycles. The normalized spacial score (nSPS) is 10.8. The molecule has 0 aliphatic heterocycles. The molecule has 1 rings (SSSR count). The van der Waals surface area contributed by atoms with Gasteiger partial charge in [0.25, 0.3) is 0 Å². The van der Waals surface area contributed by atoms with Gasteiger partial charge in [-0.2, -0.15) is 0 Å². The predicted molar refractivity (Wildman–Crippen MR) is 43.3 cm³/mol. The molecule has 0 unspecified atom stereocenters. The topological polar surface area (TPSA) is 0 Å². The molecule has 1 heteroatoms. The minimum absolute atomic E-state index is 1.31. The highest BCUT2D eigenvalue weighted by molar-refractivity contribution is 7.10. The number of thiophene rings is 1. The standard InChI is InChI=1S/C8H9S/c1-2-3-5-8-6-4-7-9-8/h2-7H,1H3. The Bertz CT molecular complexity index is 172. The van der Waals surface area contributed by atoms with Crippen LogP contribution >= 0.6 is 11.3 Å². The summed E-state index contributed by atoms with van der Waals surface area (Å²) in [5.41, 5.74) is 0. The Hall–Kier alpha value is -0.560. The molecular formula is C8H9S. The van der Waals surface area contributed by atoms with Gasteiger partial charge in [0.05, 0.1) is 0 Å². The third kappa shape index (κ3) is 2.02. The van der Waals surface area contributed by atoms with E-state index in [1.54, 1.807) is 11.3 Å². The molecule has 1 radical (unpaired) electrons. The zero-order valence-electron chi connectivity index (χ0n) is 5.37. The SMILES string of the molecule is C[CH]C=Cc1cccs1. The van der Waals surface area contributed by atoms with Crippen LogP contribution in [-0.2, 0) is 0 Å². The van der Waals surface area contributed by atoms with Gasteiger partial charge in [-0.1, -0.05) is 19.1 Å². The number of allylic oxidation sites excluding steroid dienone is 1. The highest BCUT2D eigenvalue weighted by Crippen LogP contribution is 2.09. The minimum Gasteiger partial charge on any atom is -0.144 e. The maximum Gasteiger partial charge on any atom is 0.0267 e. The van der Waals surface area contributed by atoms with Gasteiger partial charge in [0.2, 0.25) is 0 Å². The van der Waals surface area contributed by atoms with Gasteiger partial charge in [-0.25, -0.2) is 0 Å². The molecule has 0 bridgehead atoms. The monoisotopic (exact) mass is 137 g/mol. The fourth-order valence-corrected chi connectivity index (χ4v) is 1.21. The molecule has 9 heavy (non-hydrogen) atoms. The van der Waals surface area contributed by atoms with Crippen LogP contribution in [0.1, 0.15) is 11.8 Å². The van der Waals surface area contributed by atoms with Crippen molar-refractivity contribution in [3.63, 3.8) is 0 Å². The van der Waals surface area contributed by atoms with Gasteiger partial charge in [-0.05, 0) is 23.9 Å². The van der Waals surface area contributed by atoms with Gasteiger partial charge in [-0.3, -0.25) is 0 Å². The molecule has 0 aliphatic rings. The Morgan fingerprint density at radius 2 is 2.44 bits per heavy atom. The molecule has 0 nitrogen and oxygen atoms in total. The highest BCUT2D eigenvalue weighted by atomic mass is 32.1. The van der Waals surface area contributed by atoms with Crippen molar-refractivity contribution >= 4 is 17.4 Å². The smallest absolute Gasteiger partial charge is 0.0267 e. The van der Waals surface area contributed by atoms with Crippen LogP contribution in [-0.4, -0.2) is 0 Å². The van der Waals surface area contributed by atoms with Crippen LogP contribution in [0.4, 0.5) is 0 Å². The number of hydrogen-bond donors (Lipinski definition) is 0. The number of hydrogen-bond acceptors (Lipinski definition) is 1. The van der Waals surface area contributed by atoms with Crippen molar-refractivity contribution in [1.29, 1.82) is 0 Å². The lowest BCUT2D eigenvalue weighted by molar-refractivity contribution is 1.57. The van der Waals surface area contributed by atoms with Crippen molar-refractivity contribution in [2.45, 2.75) is 6.92 Å². The third-order valence-corrected chi connectivity index (χ3v) is 1.83. The van der Waals surface area contributed by atoms with Crippen molar-refractivity contribution in [3.05, 3.63) is 34.9 Å². The zero-order chi connectivity index (χ0) is 6.53. The van der Waals surface area contributed by atoms with Gasteiger partial charge in [-0.15, -0.1) is 11.3 Å². The fourth-order valence-electron chi connectivity index (χ4n) is 0.577. The molecule has 0 spiro atoms. The van der Waals surface area contributed by atoms with Crippen LogP contribution in [0.5, 0.6) is 0 Å². The summed E-state index contributed by atoms with van der Waals surface area (Å²) in [7, 11) is 0. The summed E-state index contributed by atoms with van der Waals surface area (Å²) in [5.74, 6) is 0. The molecule has 0 fully saturated rings. The Kier molecular flexibility index (Phi) is 2.52. The summed E-state index contributed by atoms with van der Waals surface area (Å²) < 4.78 is 0. The first-order valence-electron chi connectivity index (χ1n) is 2.93. The molecular weight excluding hydrogens is 128 g/mol. The summed E-state index contributed by atoms with van der Waals surface area (Å²) in [6.07, 6.45) is 6.18. The second-order valence-corrected chi connectivity index (χ2v) is 2.69. The van der Waals surface area contributed by atoms with Crippen LogP contribution in [0, 0.1) is 6.42 Å². The molecule has 0 atom stereocenters. The van der Waals surface area contributed by atoms with E-state index in [0.717, 1.165) is 0 Å². The second-order valence-electron chi connectivity index (χ2n) is 1.71. The lowest BCUT2D eigenvalue weighted by atomic mass is 10.4. The van der Waals surface area contributed by atoms with Gasteiger partial charge >= 0.3 is 0 Å². The van der Waals surface area contributed by atoms with Crippen molar-refractivity contribution in [2.75, 3.05) is 0 Å². The third-order valence-electron chi connectivity index (χ3n) is 0.996. The second kappa shape index (κ2) is 3.46. The van der Waals surface area contributed by atoms with E-state index in [9.17, 15) is 0 Å². The largest absolute Gasteiger partial charge is 0.144 e. The number of rotatable bonds is 2. The molecule has 0 aliphatic carbocycles. The van der Waals surface area contributed by atoms with E-state index >= 15 is 0 Å². The zero-order valence-corrected chi connectivity index (χ0v) is 6.19. The maximum atomic E-state index is 2.10. The van der Waals surface area contributed by atoms with Gasteiger partial charge in [0.1, 0.15) is 0 Å². The first kappa shape index (κ1) is 6.56. The fraction of sp³-hybridized carbons (Fsp3) is 0.125. The minimum atomic E-state index is 1.31. The van der Waals surface area contributed by atoms with Crippen LogP contribution in [0.15, 0.2) is 23.6 Å². The summed E-state index contributed by atoms with van der Waals surface area (Å²) in [6, 6.07) is 4.16. The molecule has 1 heterocycles. The average molecular weight is 137 g/mol. The Morgan fingerprint density at radius 1 is 1.56 bits per heavy atom. The van der Waals surface area contributed by atoms with E-state index in [4.69, 9.17) is 0 Å². The predicted octanol–water partition coefficient (Wildman–Crippen LogP) is 2.99. The van der Waals surface area contributed by atoms with Crippen LogP contribution in [0.3, 0.4) is 0 Å². The Labute approximate surface area is 59.8 Å². The average Bonchev–Trinajstić information content (AvgIpc) is 2.34. The summed E-state index contributed by atoms with van der Waals surface area (Å²) in [5, 5.41) is 2.08. The first-order valence-corrected chi connectivity index (χ1v) is 3.81. The van der Waals surface area contributed by atoms with Crippen molar-refractivity contribution in [3.8, 4) is 0 Å². The van der Waals surface area contributed by atoms with Crippen molar-refractivity contribution in [1.82, 2.24) is 0 Å². The van der Waals surface area contributed by atoms with Crippen LogP contribution < -0.4 is 0 Å². The van der Waals surface area contributed by atoms with Crippen LogP contribution in [0.25, 0.3) is 6.08 Å². The highest BCUT2D eigenvalue weighted by Gasteiger charge is 1.81. The summed E-state index contributed by atoms with van der Waals surface area (Å²) in [6.45, 7) is 2.02. The van der Waals surface area contributed by atoms with Gasteiger partial charge < -0.3 is 0 Å². The van der Waals surface area contributed by atoms with Gasteiger partial charge in [0, 0.05) is 4.88 Å². The Morgan fingerprint density at radius 3 is 3.00 bits per heavy atom. The van der Waals surface area contributed by atoms with Gasteiger partial charge in [0.15, 0.2) is 0 Å². The maximum absolute atomic E-state index is 2.10. The Balaban J connectivity index is 2.57. The molecule has 0 saturated heterocycles. The molecule has 47 valence electrons. The molecule has 1 aromatic rings. The lowest BCUT2D eigenvalue weighted by Gasteiger charge is -1.78. The van der Waals surface area contributed by atoms with E-state index in [1.165, 1.54) is 4.88 Å². The molecule has 1 aromatic heterocycles. The first-order chi connectivity index (χ1) is 4.43. The summed E-state index contributed by atoms with van der Waals surface area (Å²) in [4.78, 5) is 1.31. The quantitative estimate of drug-likeness (QED) is 0.588. The van der Waals surface area contributed by atoms with Crippen molar-refractivity contribution < 1.29 is 0 Å². The van der Waals surface area contributed by atoms with Crippen LogP contribution in [0.2, 0.25) is 0 Å². The van der Waals surface area contributed by atoms with Crippen molar-refractivity contribution in [2.24, 2.45) is 0 Å². The van der Waals surface area contributed by atoms with E-state index in [0.29, 0.717) is 0 Å².